The zero-order valence-corrected chi connectivity index (χ0v) is 10.3. The quantitative estimate of drug-likeness (QED) is 0.522. The van der Waals surface area contributed by atoms with Crippen molar-refractivity contribution >= 4 is 23.2 Å². The summed E-state index contributed by atoms with van der Waals surface area (Å²) in [5, 5.41) is 19.2. The number of aromatic nitrogens is 2. The summed E-state index contributed by atoms with van der Waals surface area (Å²) in [6.07, 6.45) is 2.64. The molecule has 1 atom stereocenters. The summed E-state index contributed by atoms with van der Waals surface area (Å²) in [6.45, 7) is 0.630. The molecule has 1 aromatic rings. The number of rotatable bonds is 4. The van der Waals surface area contributed by atoms with Gasteiger partial charge in [0.05, 0.1) is 4.92 Å². The van der Waals surface area contributed by atoms with E-state index in [0.29, 0.717) is 13.0 Å². The molecule has 0 aliphatic carbocycles. The lowest BCUT2D eigenvalue weighted by atomic mass is 10.1. The van der Waals surface area contributed by atoms with E-state index in [9.17, 15) is 14.9 Å². The number of carbonyl (C=O) groups is 1. The lowest BCUT2D eigenvalue weighted by Crippen LogP contribution is -2.44. The maximum absolute atomic E-state index is 11.6. The molecule has 2 rings (SSSR count). The van der Waals surface area contributed by atoms with Crippen LogP contribution < -0.4 is 16.0 Å². The summed E-state index contributed by atoms with van der Waals surface area (Å²) in [6, 6.07) is -0.507. The van der Waals surface area contributed by atoms with Gasteiger partial charge in [-0.3, -0.25) is 14.9 Å². The number of anilines is 2. The van der Waals surface area contributed by atoms with Crippen molar-refractivity contribution in [2.24, 2.45) is 0 Å². The summed E-state index contributed by atoms with van der Waals surface area (Å²) in [5.74, 6) is -0.0183. The van der Waals surface area contributed by atoms with E-state index in [1.807, 2.05) is 0 Å². The van der Waals surface area contributed by atoms with Crippen molar-refractivity contribution in [1.29, 1.82) is 0 Å². The van der Waals surface area contributed by atoms with Crippen LogP contribution in [-0.2, 0) is 4.79 Å². The number of piperidine rings is 1. The third-order valence-electron chi connectivity index (χ3n) is 2.84. The maximum atomic E-state index is 11.6. The predicted octanol–water partition coefficient (Wildman–Crippen LogP) is 0.117. The first kappa shape index (κ1) is 13.0. The van der Waals surface area contributed by atoms with Crippen molar-refractivity contribution in [3.8, 4) is 0 Å². The highest BCUT2D eigenvalue weighted by Crippen LogP contribution is 2.29. The minimum absolute atomic E-state index is 0.0476. The Kier molecular flexibility index (Phi) is 3.74. The van der Waals surface area contributed by atoms with Crippen molar-refractivity contribution < 1.29 is 9.72 Å². The average molecular weight is 266 g/mol. The van der Waals surface area contributed by atoms with Crippen LogP contribution >= 0.6 is 0 Å². The lowest BCUT2D eigenvalue weighted by Gasteiger charge is -2.23. The molecule has 0 saturated carbocycles. The van der Waals surface area contributed by atoms with Crippen molar-refractivity contribution in [2.45, 2.75) is 18.9 Å². The van der Waals surface area contributed by atoms with E-state index in [1.165, 1.54) is 13.4 Å². The summed E-state index contributed by atoms with van der Waals surface area (Å²) in [5.41, 5.74) is -0.261. The van der Waals surface area contributed by atoms with E-state index in [4.69, 9.17) is 0 Å². The zero-order chi connectivity index (χ0) is 13.8. The second-order valence-electron chi connectivity index (χ2n) is 4.06. The van der Waals surface area contributed by atoms with E-state index in [1.54, 1.807) is 0 Å². The Labute approximate surface area is 109 Å². The second kappa shape index (κ2) is 5.46. The second-order valence-corrected chi connectivity index (χ2v) is 4.06. The number of hydrogen-bond donors (Lipinski definition) is 3. The predicted molar refractivity (Wildman–Crippen MR) is 67.9 cm³/mol. The van der Waals surface area contributed by atoms with Gasteiger partial charge >= 0.3 is 5.69 Å². The van der Waals surface area contributed by atoms with Gasteiger partial charge in [0.25, 0.3) is 0 Å². The summed E-state index contributed by atoms with van der Waals surface area (Å²) in [7, 11) is 1.53. The number of nitrogens with zero attached hydrogens (tertiary/aromatic N) is 3. The molecule has 2 heterocycles. The van der Waals surface area contributed by atoms with Crippen molar-refractivity contribution in [3.05, 3.63) is 16.4 Å². The van der Waals surface area contributed by atoms with Gasteiger partial charge in [-0.05, 0) is 12.8 Å². The summed E-state index contributed by atoms with van der Waals surface area (Å²) in [4.78, 5) is 29.8. The van der Waals surface area contributed by atoms with Crippen LogP contribution in [0.4, 0.5) is 17.3 Å². The van der Waals surface area contributed by atoms with Gasteiger partial charge in [-0.15, -0.1) is 0 Å². The first-order chi connectivity index (χ1) is 9.13. The maximum Gasteiger partial charge on any atom is 0.353 e. The van der Waals surface area contributed by atoms with Gasteiger partial charge in [0.15, 0.2) is 0 Å². The van der Waals surface area contributed by atoms with Crippen molar-refractivity contribution in [2.75, 3.05) is 24.2 Å². The fourth-order valence-electron chi connectivity index (χ4n) is 1.92. The Hall–Kier alpha value is -2.45. The highest BCUT2D eigenvalue weighted by atomic mass is 16.6. The molecule has 9 nitrogen and oxygen atoms in total. The van der Waals surface area contributed by atoms with Gasteiger partial charge < -0.3 is 16.0 Å². The fraction of sp³-hybridized carbons (Fsp3) is 0.500. The summed E-state index contributed by atoms with van der Waals surface area (Å²) < 4.78 is 0. The van der Waals surface area contributed by atoms with Crippen molar-refractivity contribution in [3.63, 3.8) is 0 Å². The smallest absolute Gasteiger partial charge is 0.353 e. The number of nitro groups is 1. The molecule has 1 saturated heterocycles. The first-order valence-electron chi connectivity index (χ1n) is 5.85. The Morgan fingerprint density at radius 1 is 1.47 bits per heavy atom. The molecule has 1 aliphatic rings. The van der Waals surface area contributed by atoms with Crippen LogP contribution in [0.15, 0.2) is 6.33 Å². The molecular weight excluding hydrogens is 252 g/mol. The van der Waals surface area contributed by atoms with Crippen LogP contribution in [0, 0.1) is 10.1 Å². The zero-order valence-electron chi connectivity index (χ0n) is 10.3. The largest absolute Gasteiger partial charge is 0.367 e. The van der Waals surface area contributed by atoms with Crippen LogP contribution in [0.2, 0.25) is 0 Å². The van der Waals surface area contributed by atoms with Gasteiger partial charge in [0.1, 0.15) is 12.4 Å². The standard InChI is InChI=1S/C10H14N6O3/c1-11-8-7(16(18)19)9(14-5-13-8)15-6-3-2-4-12-10(6)17/h5-6H,2-4H2,1H3,(H,12,17)(H2,11,13,14,15). The molecule has 1 fully saturated rings. The van der Waals surface area contributed by atoms with Crippen LogP contribution in [0.1, 0.15) is 12.8 Å². The molecule has 1 amide bonds. The minimum Gasteiger partial charge on any atom is -0.367 e. The van der Waals surface area contributed by atoms with Gasteiger partial charge in [-0.2, -0.15) is 0 Å². The van der Waals surface area contributed by atoms with E-state index in [0.717, 1.165) is 6.42 Å². The Morgan fingerprint density at radius 3 is 2.84 bits per heavy atom. The minimum atomic E-state index is -0.575. The van der Waals surface area contributed by atoms with Crippen LogP contribution in [0.5, 0.6) is 0 Å². The lowest BCUT2D eigenvalue weighted by molar-refractivity contribution is -0.383. The van der Waals surface area contributed by atoms with Gasteiger partial charge in [0.2, 0.25) is 17.5 Å². The molecule has 9 heteroatoms. The van der Waals surface area contributed by atoms with E-state index >= 15 is 0 Å². The third kappa shape index (κ3) is 2.69. The van der Waals surface area contributed by atoms with Crippen LogP contribution in [-0.4, -0.2) is 40.4 Å². The Morgan fingerprint density at radius 2 is 2.21 bits per heavy atom. The van der Waals surface area contributed by atoms with Crippen LogP contribution in [0.3, 0.4) is 0 Å². The van der Waals surface area contributed by atoms with Gasteiger partial charge in [0, 0.05) is 13.6 Å². The monoisotopic (exact) mass is 266 g/mol. The van der Waals surface area contributed by atoms with Crippen molar-refractivity contribution in [1.82, 2.24) is 15.3 Å². The first-order valence-corrected chi connectivity index (χ1v) is 5.85. The average Bonchev–Trinajstić information content (AvgIpc) is 2.40. The molecule has 102 valence electrons. The molecule has 1 aromatic heterocycles. The number of hydrogen-bond acceptors (Lipinski definition) is 7. The highest BCUT2D eigenvalue weighted by Gasteiger charge is 2.28. The molecule has 0 spiro atoms. The topological polar surface area (TPSA) is 122 Å². The van der Waals surface area contributed by atoms with E-state index in [-0.39, 0.29) is 23.2 Å². The molecule has 3 N–H and O–H groups in total. The van der Waals surface area contributed by atoms with Gasteiger partial charge in [-0.1, -0.05) is 0 Å². The normalized spacial score (nSPS) is 18.6. The molecule has 1 unspecified atom stereocenters. The van der Waals surface area contributed by atoms with E-state index < -0.39 is 11.0 Å². The number of carbonyl (C=O) groups excluding carboxylic acids is 1. The Bertz CT molecular complexity index is 506. The number of amides is 1. The highest BCUT2D eigenvalue weighted by molar-refractivity contribution is 5.86. The summed E-state index contributed by atoms with van der Waals surface area (Å²) >= 11 is 0. The Balaban J connectivity index is 2.28. The third-order valence-corrected chi connectivity index (χ3v) is 2.84. The molecular formula is C10H14N6O3. The molecule has 1 aliphatic heterocycles. The molecule has 19 heavy (non-hydrogen) atoms. The SMILES string of the molecule is CNc1ncnc(NC2CCCNC2=O)c1[N+](=O)[O-]. The molecule has 0 bridgehead atoms. The molecule has 0 aromatic carbocycles. The fourth-order valence-corrected chi connectivity index (χ4v) is 1.92. The number of nitrogens with one attached hydrogen (secondary N) is 3. The van der Waals surface area contributed by atoms with Crippen LogP contribution in [0.25, 0.3) is 0 Å². The molecule has 0 radical (unpaired) electrons. The van der Waals surface area contributed by atoms with E-state index in [2.05, 4.69) is 25.9 Å². The van der Waals surface area contributed by atoms with Gasteiger partial charge in [-0.25, -0.2) is 9.97 Å².